The molecule has 0 aliphatic carbocycles. The molecule has 0 saturated carbocycles. The molecule has 0 saturated heterocycles. The molecule has 2 nitrogen and oxygen atoms in total. The molecule has 0 N–H and O–H groups in total. The summed E-state index contributed by atoms with van der Waals surface area (Å²) in [5.74, 6) is 2.13. The Hall–Kier alpha value is -0.626. The molecule has 0 amide bonds. The summed E-state index contributed by atoms with van der Waals surface area (Å²) in [7, 11) is -6.22. The van der Waals surface area contributed by atoms with Crippen molar-refractivity contribution in [1.82, 2.24) is 0 Å². The van der Waals surface area contributed by atoms with E-state index < -0.39 is 24.7 Å². The number of aryl methyl sites for hydroxylation is 2. The van der Waals surface area contributed by atoms with Crippen LogP contribution in [0.5, 0.6) is 11.5 Å². The first kappa shape index (κ1) is 39.4. The van der Waals surface area contributed by atoms with Crippen molar-refractivity contribution in [2.75, 3.05) is 0 Å². The molecule has 8 heteroatoms. The van der Waals surface area contributed by atoms with Crippen LogP contribution in [0.2, 0.25) is 49.4 Å². The maximum Gasteiger partial charge on any atom is 4.00 e. The van der Waals surface area contributed by atoms with E-state index >= 15 is 0 Å². The first-order valence-corrected chi connectivity index (χ1v) is 23.3. The number of halogens is 2. The average molecular weight is 737 g/mol. The zero-order valence-electron chi connectivity index (χ0n) is 28.2. The summed E-state index contributed by atoms with van der Waals surface area (Å²) in [5.41, 5.74) is 2.76. The van der Waals surface area contributed by atoms with Crippen molar-refractivity contribution >= 4 is 56.6 Å². The molecule has 0 fully saturated rings. The largest absolute Gasteiger partial charge is 4.00 e. The molecule has 0 heterocycles. The second-order valence-corrected chi connectivity index (χ2v) is 28.9. The van der Waals surface area contributed by atoms with Gasteiger partial charge in [-0.3, -0.25) is 0 Å². The van der Waals surface area contributed by atoms with Crippen molar-refractivity contribution in [3.8, 4) is 11.5 Å². The molecule has 4 aromatic carbocycles. The molecule has 0 bridgehead atoms. The minimum atomic E-state index is -2.20. The van der Waals surface area contributed by atoms with Crippen LogP contribution in [0.4, 0.5) is 0 Å². The minimum Gasteiger partial charge on any atom is -1.00 e. The van der Waals surface area contributed by atoms with Gasteiger partial charge in [0.1, 0.15) is 0 Å². The standard InChI is InChI=1S/C34H50O2Si3.2ClH.Zr/c1-23-21-25-17-15-19-27(35-38(11,12)33(3,4)5)29(25)31(23)37(9,10)32-24(2)22-26-18-16-20-28(30(26)32)36-39(13,14)34(6,7)8;;;/h15-22H,1-14H3;2*1H;/q-2;;;+4/p-2. The number of hydrogen-bond acceptors (Lipinski definition) is 2. The van der Waals surface area contributed by atoms with E-state index in [4.69, 9.17) is 8.85 Å². The SMILES string of the molecule is Cc1[cH-]c2cccc(O[Si](C)(C)C(C)(C)C)c2c1[Si](C)(C)c1c(C)[cH-]c2cccc(O[Si](C)(C)C(C)(C)C)c12.[Cl-].[Cl-].[Zr+4]. The third-order valence-electron chi connectivity index (χ3n) is 9.74. The number of rotatable bonds is 6. The fraction of sp³-hybridized carbons (Fsp3) is 0.471. The fourth-order valence-corrected chi connectivity index (χ4v) is 11.8. The quantitative estimate of drug-likeness (QED) is 0.223. The molecule has 4 rings (SSSR count). The smallest absolute Gasteiger partial charge is 1.00 e. The Morgan fingerprint density at radius 3 is 1.17 bits per heavy atom. The van der Waals surface area contributed by atoms with Crippen molar-refractivity contribution in [3.63, 3.8) is 0 Å². The number of benzene rings is 2. The first-order valence-electron chi connectivity index (χ1n) is 14.5. The van der Waals surface area contributed by atoms with Crippen LogP contribution in [0.15, 0.2) is 48.5 Å². The maximum absolute atomic E-state index is 7.03. The van der Waals surface area contributed by atoms with Gasteiger partial charge in [-0.1, -0.05) is 79.3 Å². The molecule has 0 radical (unpaired) electrons. The monoisotopic (exact) mass is 734 g/mol. The zero-order chi connectivity index (χ0) is 29.3. The van der Waals surface area contributed by atoms with E-state index in [0.29, 0.717) is 0 Å². The molecular formula is C34H50Cl2O2Si3Zr. The zero-order valence-corrected chi connectivity index (χ0v) is 35.2. The van der Waals surface area contributed by atoms with E-state index in [1.807, 2.05) is 0 Å². The van der Waals surface area contributed by atoms with E-state index in [9.17, 15) is 0 Å². The Morgan fingerprint density at radius 2 is 0.881 bits per heavy atom. The molecule has 0 atom stereocenters. The van der Waals surface area contributed by atoms with Crippen molar-refractivity contribution in [2.24, 2.45) is 0 Å². The molecule has 0 aliphatic heterocycles. The van der Waals surface area contributed by atoms with Gasteiger partial charge in [0.2, 0.25) is 16.6 Å². The summed E-state index contributed by atoms with van der Waals surface area (Å²) < 4.78 is 14.1. The topological polar surface area (TPSA) is 18.5 Å². The van der Waals surface area contributed by atoms with Crippen LogP contribution < -0.4 is 44.0 Å². The van der Waals surface area contributed by atoms with E-state index in [1.54, 1.807) is 0 Å². The maximum atomic E-state index is 7.03. The summed E-state index contributed by atoms with van der Waals surface area (Å²) in [5, 5.41) is 8.53. The van der Waals surface area contributed by atoms with Crippen LogP contribution in [-0.2, 0) is 26.2 Å². The van der Waals surface area contributed by atoms with E-state index in [1.165, 1.54) is 43.0 Å². The summed E-state index contributed by atoms with van der Waals surface area (Å²) in [6.45, 7) is 33.0. The third-order valence-corrected chi connectivity index (χ3v) is 22.2. The Bertz CT molecular complexity index is 1420. The molecule has 0 aliphatic rings. The first-order chi connectivity index (χ1) is 17.7. The van der Waals surface area contributed by atoms with Crippen LogP contribution in [0.25, 0.3) is 21.5 Å². The van der Waals surface area contributed by atoms with Crippen molar-refractivity contribution in [3.05, 3.63) is 59.7 Å². The van der Waals surface area contributed by atoms with Gasteiger partial charge >= 0.3 is 26.2 Å². The van der Waals surface area contributed by atoms with Gasteiger partial charge in [0.15, 0.2) is 0 Å². The predicted molar refractivity (Wildman–Crippen MR) is 181 cm³/mol. The third kappa shape index (κ3) is 6.94. The van der Waals surface area contributed by atoms with Crippen LogP contribution in [-0.4, -0.2) is 24.7 Å². The second kappa shape index (κ2) is 13.0. The molecular weight excluding hydrogens is 687 g/mol. The molecule has 228 valence electrons. The summed E-state index contributed by atoms with van der Waals surface area (Å²) >= 11 is 0. The van der Waals surface area contributed by atoms with Gasteiger partial charge in [0.25, 0.3) is 0 Å². The Labute approximate surface area is 290 Å². The fourth-order valence-electron chi connectivity index (χ4n) is 5.64. The minimum absolute atomic E-state index is 0. The molecule has 42 heavy (non-hydrogen) atoms. The van der Waals surface area contributed by atoms with Gasteiger partial charge in [0, 0.05) is 8.07 Å². The Balaban J connectivity index is 0.00000294. The van der Waals surface area contributed by atoms with Gasteiger partial charge < -0.3 is 33.7 Å². The molecule has 0 spiro atoms. The van der Waals surface area contributed by atoms with Crippen molar-refractivity contribution in [1.29, 1.82) is 0 Å². The van der Waals surface area contributed by atoms with Gasteiger partial charge in [-0.15, -0.1) is 58.3 Å². The molecule has 4 aromatic rings. The van der Waals surface area contributed by atoms with Crippen molar-refractivity contribution < 1.29 is 59.9 Å². The van der Waals surface area contributed by atoms with Crippen molar-refractivity contribution in [2.45, 2.75) is 105 Å². The van der Waals surface area contributed by atoms with Crippen LogP contribution in [0, 0.1) is 13.8 Å². The van der Waals surface area contributed by atoms with Crippen LogP contribution in [0.3, 0.4) is 0 Å². The normalized spacial score (nSPS) is 12.9. The summed E-state index contributed by atoms with van der Waals surface area (Å²) in [6, 6.07) is 18.0. The number of fused-ring (bicyclic) bond motifs is 2. The summed E-state index contributed by atoms with van der Waals surface area (Å²) in [4.78, 5) is 0. The molecule has 0 aromatic heterocycles. The van der Waals surface area contributed by atoms with Gasteiger partial charge in [-0.05, 0) is 48.4 Å². The van der Waals surface area contributed by atoms with Crippen LogP contribution >= 0.6 is 0 Å². The Morgan fingerprint density at radius 1 is 0.571 bits per heavy atom. The van der Waals surface area contributed by atoms with E-state index in [0.717, 1.165) is 11.5 Å². The number of hydrogen-bond donors (Lipinski definition) is 0. The van der Waals surface area contributed by atoms with E-state index in [-0.39, 0.29) is 61.1 Å². The second-order valence-electron chi connectivity index (χ2n) is 15.2. The summed E-state index contributed by atoms with van der Waals surface area (Å²) in [6.07, 6.45) is 0. The van der Waals surface area contributed by atoms with Gasteiger partial charge in [-0.25, -0.2) is 0 Å². The van der Waals surface area contributed by atoms with E-state index in [2.05, 4.69) is 143 Å². The predicted octanol–water partition coefficient (Wildman–Crippen LogP) is 3.64. The van der Waals surface area contributed by atoms with Crippen LogP contribution in [0.1, 0.15) is 52.7 Å². The average Bonchev–Trinajstić information content (AvgIpc) is 3.29. The van der Waals surface area contributed by atoms with Gasteiger partial charge in [0.05, 0.1) is 11.5 Å². The van der Waals surface area contributed by atoms with Gasteiger partial charge in [-0.2, -0.15) is 10.4 Å². The molecule has 0 unspecified atom stereocenters. The Kier molecular flexibility index (Phi) is 12.2.